The number of benzene rings is 1. The molecule has 0 heterocycles. The van der Waals surface area contributed by atoms with Gasteiger partial charge < -0.3 is 10.1 Å². The van der Waals surface area contributed by atoms with Gasteiger partial charge in [-0.15, -0.1) is 0 Å². The third-order valence-electron chi connectivity index (χ3n) is 1.98. The number of carbonyl (C=O) groups is 1. The third kappa shape index (κ3) is 3.90. The van der Waals surface area contributed by atoms with Crippen molar-refractivity contribution in [2.24, 2.45) is 0 Å². The van der Waals surface area contributed by atoms with Gasteiger partial charge in [0.25, 0.3) is 5.91 Å². The molecule has 1 rings (SSSR count). The van der Waals surface area contributed by atoms with Crippen LogP contribution in [0.25, 0.3) is 0 Å². The Morgan fingerprint density at radius 2 is 2.31 bits per heavy atom. The SMILES string of the molecule is COCCCNC(=O)c1cc(F)ccc1Br. The fourth-order valence-electron chi connectivity index (χ4n) is 1.19. The van der Waals surface area contributed by atoms with E-state index in [-0.39, 0.29) is 5.91 Å². The van der Waals surface area contributed by atoms with Gasteiger partial charge in [-0.25, -0.2) is 4.39 Å². The Labute approximate surface area is 102 Å². The van der Waals surface area contributed by atoms with Gasteiger partial charge in [0.05, 0.1) is 5.56 Å². The largest absolute Gasteiger partial charge is 0.385 e. The maximum absolute atomic E-state index is 12.9. The molecule has 0 aliphatic rings. The van der Waals surface area contributed by atoms with Gasteiger partial charge in [-0.2, -0.15) is 0 Å². The van der Waals surface area contributed by atoms with E-state index < -0.39 is 5.82 Å². The van der Waals surface area contributed by atoms with Crippen molar-refractivity contribution in [1.29, 1.82) is 0 Å². The Bertz CT molecular complexity index is 371. The van der Waals surface area contributed by atoms with Gasteiger partial charge >= 0.3 is 0 Å². The molecular weight excluding hydrogens is 277 g/mol. The van der Waals surface area contributed by atoms with Crippen molar-refractivity contribution < 1.29 is 13.9 Å². The van der Waals surface area contributed by atoms with Crippen LogP contribution in [0.1, 0.15) is 16.8 Å². The van der Waals surface area contributed by atoms with Gasteiger partial charge in [-0.1, -0.05) is 0 Å². The molecule has 88 valence electrons. The van der Waals surface area contributed by atoms with Crippen LogP contribution in [0.5, 0.6) is 0 Å². The van der Waals surface area contributed by atoms with Gasteiger partial charge in [-0.05, 0) is 40.5 Å². The summed E-state index contributed by atoms with van der Waals surface area (Å²) in [6.07, 6.45) is 0.731. The molecule has 0 saturated carbocycles. The minimum absolute atomic E-state index is 0.289. The number of halogens is 2. The highest BCUT2D eigenvalue weighted by Gasteiger charge is 2.10. The number of rotatable bonds is 5. The van der Waals surface area contributed by atoms with Gasteiger partial charge in [-0.3, -0.25) is 4.79 Å². The summed E-state index contributed by atoms with van der Waals surface area (Å²) in [5, 5.41) is 2.69. The summed E-state index contributed by atoms with van der Waals surface area (Å²) in [6.45, 7) is 1.10. The van der Waals surface area contributed by atoms with Crippen LogP contribution in [0, 0.1) is 5.82 Å². The summed E-state index contributed by atoms with van der Waals surface area (Å²) in [5.74, 6) is -0.715. The van der Waals surface area contributed by atoms with E-state index in [1.165, 1.54) is 18.2 Å². The van der Waals surface area contributed by atoms with E-state index in [0.717, 1.165) is 6.42 Å². The molecule has 0 aromatic heterocycles. The molecule has 16 heavy (non-hydrogen) atoms. The molecule has 3 nitrogen and oxygen atoms in total. The fraction of sp³-hybridized carbons (Fsp3) is 0.364. The number of carbonyl (C=O) groups excluding carboxylic acids is 1. The van der Waals surface area contributed by atoms with E-state index in [1.807, 2.05) is 0 Å². The topological polar surface area (TPSA) is 38.3 Å². The van der Waals surface area contributed by atoms with Crippen molar-refractivity contribution in [2.75, 3.05) is 20.3 Å². The van der Waals surface area contributed by atoms with Crippen LogP contribution in [0.4, 0.5) is 4.39 Å². The number of methoxy groups -OCH3 is 1. The number of hydrogen-bond acceptors (Lipinski definition) is 2. The minimum atomic E-state index is -0.426. The third-order valence-corrected chi connectivity index (χ3v) is 2.68. The fourth-order valence-corrected chi connectivity index (χ4v) is 1.61. The lowest BCUT2D eigenvalue weighted by atomic mass is 10.2. The Kier molecular flexibility index (Phi) is 5.42. The first-order valence-corrected chi connectivity index (χ1v) is 5.66. The summed E-state index contributed by atoms with van der Waals surface area (Å²) < 4.78 is 18.4. The van der Waals surface area contributed by atoms with Crippen LogP contribution in [0.3, 0.4) is 0 Å². The highest BCUT2D eigenvalue weighted by molar-refractivity contribution is 9.10. The minimum Gasteiger partial charge on any atom is -0.385 e. The average molecular weight is 290 g/mol. The first kappa shape index (κ1) is 13.1. The molecule has 1 amide bonds. The maximum Gasteiger partial charge on any atom is 0.252 e. The molecule has 0 aliphatic carbocycles. The number of hydrogen-bond donors (Lipinski definition) is 1. The lowest BCUT2D eigenvalue weighted by molar-refractivity contribution is 0.0947. The molecule has 1 aromatic rings. The summed E-state index contributed by atoms with van der Waals surface area (Å²) in [7, 11) is 1.60. The first-order valence-electron chi connectivity index (χ1n) is 4.87. The molecule has 0 unspecified atom stereocenters. The average Bonchev–Trinajstić information content (AvgIpc) is 2.27. The molecule has 0 spiro atoms. The van der Waals surface area contributed by atoms with E-state index in [0.29, 0.717) is 23.2 Å². The summed E-state index contributed by atoms with van der Waals surface area (Å²) in [6, 6.07) is 4.01. The predicted octanol–water partition coefficient (Wildman–Crippen LogP) is 2.35. The van der Waals surface area contributed by atoms with E-state index >= 15 is 0 Å². The summed E-state index contributed by atoms with van der Waals surface area (Å²) in [5.41, 5.74) is 0.303. The zero-order chi connectivity index (χ0) is 12.0. The number of amides is 1. The molecule has 5 heteroatoms. The van der Waals surface area contributed by atoms with Crippen molar-refractivity contribution in [3.8, 4) is 0 Å². The summed E-state index contributed by atoms with van der Waals surface area (Å²) in [4.78, 5) is 11.6. The molecular formula is C11H13BrFNO2. The zero-order valence-electron chi connectivity index (χ0n) is 8.93. The molecule has 0 bridgehead atoms. The van der Waals surface area contributed by atoms with Crippen LogP contribution < -0.4 is 5.32 Å². The molecule has 1 aromatic carbocycles. The van der Waals surface area contributed by atoms with Gasteiger partial charge in [0, 0.05) is 24.7 Å². The standard InChI is InChI=1S/C11H13BrFNO2/c1-16-6-2-5-14-11(15)9-7-8(13)3-4-10(9)12/h3-4,7H,2,5-6H2,1H3,(H,14,15). The first-order chi connectivity index (χ1) is 7.65. The van der Waals surface area contributed by atoms with Gasteiger partial charge in [0.1, 0.15) is 5.82 Å². The van der Waals surface area contributed by atoms with Crippen molar-refractivity contribution in [2.45, 2.75) is 6.42 Å². The Morgan fingerprint density at radius 1 is 1.56 bits per heavy atom. The highest BCUT2D eigenvalue weighted by atomic mass is 79.9. The molecule has 0 saturated heterocycles. The van der Waals surface area contributed by atoms with Crippen molar-refractivity contribution in [1.82, 2.24) is 5.32 Å². The maximum atomic E-state index is 12.9. The van der Waals surface area contributed by atoms with E-state index in [2.05, 4.69) is 21.2 Å². The second-order valence-corrected chi connectivity index (χ2v) is 4.08. The monoisotopic (exact) mass is 289 g/mol. The zero-order valence-corrected chi connectivity index (χ0v) is 10.5. The van der Waals surface area contributed by atoms with Crippen molar-refractivity contribution in [3.05, 3.63) is 34.1 Å². The quantitative estimate of drug-likeness (QED) is 0.845. The van der Waals surface area contributed by atoms with Crippen molar-refractivity contribution >= 4 is 21.8 Å². The van der Waals surface area contributed by atoms with E-state index in [9.17, 15) is 9.18 Å². The smallest absolute Gasteiger partial charge is 0.252 e. The number of ether oxygens (including phenoxy) is 1. The summed E-state index contributed by atoms with van der Waals surface area (Å²) >= 11 is 3.20. The molecule has 0 atom stereocenters. The van der Waals surface area contributed by atoms with Gasteiger partial charge in [0.15, 0.2) is 0 Å². The predicted molar refractivity (Wildman–Crippen MR) is 62.9 cm³/mol. The van der Waals surface area contributed by atoms with Crippen LogP contribution in [-0.2, 0) is 4.74 Å². The Balaban J connectivity index is 2.55. The van der Waals surface area contributed by atoms with Crippen LogP contribution in [0.15, 0.2) is 22.7 Å². The second-order valence-electron chi connectivity index (χ2n) is 3.23. The van der Waals surface area contributed by atoms with Crippen LogP contribution in [-0.4, -0.2) is 26.2 Å². The van der Waals surface area contributed by atoms with Crippen LogP contribution in [0.2, 0.25) is 0 Å². The molecule has 0 radical (unpaired) electrons. The van der Waals surface area contributed by atoms with Crippen molar-refractivity contribution in [3.63, 3.8) is 0 Å². The molecule has 0 fully saturated rings. The molecule has 1 N–H and O–H groups in total. The van der Waals surface area contributed by atoms with Crippen LogP contribution >= 0.6 is 15.9 Å². The van der Waals surface area contributed by atoms with Gasteiger partial charge in [0.2, 0.25) is 0 Å². The van der Waals surface area contributed by atoms with E-state index in [1.54, 1.807) is 7.11 Å². The van der Waals surface area contributed by atoms with E-state index in [4.69, 9.17) is 4.74 Å². The number of nitrogens with one attached hydrogen (secondary N) is 1. The Morgan fingerprint density at radius 3 is 3.00 bits per heavy atom. The molecule has 0 aliphatic heterocycles. The second kappa shape index (κ2) is 6.60. The highest BCUT2D eigenvalue weighted by Crippen LogP contribution is 2.17. The lowest BCUT2D eigenvalue weighted by Gasteiger charge is -2.06. The normalized spacial score (nSPS) is 10.2. The Hall–Kier alpha value is -0.940. The lowest BCUT2D eigenvalue weighted by Crippen LogP contribution is -2.25.